The number of nitrogens with one attached hydrogen (secondary N) is 2. The maximum atomic E-state index is 11.0. The van der Waals surface area contributed by atoms with Gasteiger partial charge in [-0.15, -0.1) is 0 Å². The first kappa shape index (κ1) is 24.5. The normalized spacial score (nSPS) is 22.4. The van der Waals surface area contributed by atoms with Crippen molar-refractivity contribution in [1.82, 2.24) is 15.5 Å². The van der Waals surface area contributed by atoms with Crippen LogP contribution in [0.1, 0.15) is 40.5 Å². The Morgan fingerprint density at radius 2 is 1.48 bits per heavy atom. The average molecular weight is 348 g/mol. The van der Waals surface area contributed by atoms with Crippen LogP contribution in [0.2, 0.25) is 0 Å². The third-order valence-electron chi connectivity index (χ3n) is 3.56. The number of nitrogens with zero attached hydrogens (tertiary/aromatic N) is 1. The van der Waals surface area contributed by atoms with Gasteiger partial charge in [-0.1, -0.05) is 27.7 Å². The van der Waals surface area contributed by atoms with Gasteiger partial charge in [-0.2, -0.15) is 11.8 Å². The van der Waals surface area contributed by atoms with Gasteiger partial charge >= 0.3 is 0 Å². The fourth-order valence-corrected chi connectivity index (χ4v) is 3.52. The number of rotatable bonds is 2. The summed E-state index contributed by atoms with van der Waals surface area (Å²) in [5.74, 6) is 3.08. The molecular weight excluding hydrogens is 310 g/mol. The second kappa shape index (κ2) is 16.1. The largest absolute Gasteiger partial charge is 0.359 e. The monoisotopic (exact) mass is 347 g/mol. The molecule has 2 rings (SSSR count). The lowest BCUT2D eigenvalue weighted by Crippen LogP contribution is -2.29. The van der Waals surface area contributed by atoms with Crippen LogP contribution in [0.3, 0.4) is 0 Å². The van der Waals surface area contributed by atoms with E-state index in [9.17, 15) is 9.59 Å². The van der Waals surface area contributed by atoms with Crippen LogP contribution >= 0.6 is 11.8 Å². The molecule has 0 bridgehead atoms. The van der Waals surface area contributed by atoms with Crippen LogP contribution in [0.4, 0.5) is 0 Å². The first-order valence-corrected chi connectivity index (χ1v) is 9.93. The molecule has 138 valence electrons. The Labute approximate surface area is 147 Å². The standard InChI is InChI=1S/C7H14N2O.C6H11NOS.2C2H6/c1-8-7(10)6-3-4-9(2)5-6;1-7-6(8)5-2-3-9-4-5;2*1-2/h6H,3-5H2,1-2H3,(H,8,10);5H,2-4H2,1H3,(H,7,8);2*1-2H3. The third-order valence-corrected chi connectivity index (χ3v) is 4.72. The van der Waals surface area contributed by atoms with E-state index in [-0.39, 0.29) is 17.7 Å². The second-order valence-electron chi connectivity index (χ2n) is 5.04. The van der Waals surface area contributed by atoms with Crippen molar-refractivity contribution < 1.29 is 9.59 Å². The van der Waals surface area contributed by atoms with Crippen LogP contribution in [0.25, 0.3) is 0 Å². The highest BCUT2D eigenvalue weighted by Crippen LogP contribution is 2.22. The maximum absolute atomic E-state index is 11.0. The van der Waals surface area contributed by atoms with Crippen molar-refractivity contribution in [2.24, 2.45) is 11.8 Å². The predicted molar refractivity (Wildman–Crippen MR) is 102 cm³/mol. The zero-order valence-electron chi connectivity index (χ0n) is 16.1. The Balaban J connectivity index is 0. The lowest BCUT2D eigenvalue weighted by Gasteiger charge is -2.07. The second-order valence-corrected chi connectivity index (χ2v) is 6.19. The number of amides is 2. The molecule has 2 heterocycles. The number of carbonyl (C=O) groups excluding carboxylic acids is 2. The molecule has 2 fully saturated rings. The molecule has 5 nitrogen and oxygen atoms in total. The summed E-state index contributed by atoms with van der Waals surface area (Å²) in [5.41, 5.74) is 0. The van der Waals surface area contributed by atoms with E-state index in [1.807, 2.05) is 46.5 Å². The van der Waals surface area contributed by atoms with E-state index in [0.717, 1.165) is 37.4 Å². The molecule has 2 aliphatic rings. The highest BCUT2D eigenvalue weighted by Gasteiger charge is 2.24. The summed E-state index contributed by atoms with van der Waals surface area (Å²) in [6.07, 6.45) is 2.07. The minimum Gasteiger partial charge on any atom is -0.359 e. The molecule has 0 saturated carbocycles. The summed E-state index contributed by atoms with van der Waals surface area (Å²) < 4.78 is 0. The van der Waals surface area contributed by atoms with Crippen LogP contribution in [0.5, 0.6) is 0 Å². The number of hydrogen-bond donors (Lipinski definition) is 2. The molecule has 2 saturated heterocycles. The number of likely N-dealkylation sites (tertiary alicyclic amines) is 1. The Bertz CT molecular complexity index is 308. The van der Waals surface area contributed by atoms with Gasteiger partial charge in [0, 0.05) is 32.3 Å². The number of thioether (sulfide) groups is 1. The molecule has 2 unspecified atom stereocenters. The zero-order chi connectivity index (χ0) is 18.3. The van der Waals surface area contributed by atoms with E-state index < -0.39 is 0 Å². The van der Waals surface area contributed by atoms with Crippen LogP contribution in [-0.4, -0.2) is 62.5 Å². The summed E-state index contributed by atoms with van der Waals surface area (Å²) in [7, 11) is 5.44. The van der Waals surface area contributed by atoms with Crippen LogP contribution in [0.15, 0.2) is 0 Å². The van der Waals surface area contributed by atoms with Gasteiger partial charge in [0.25, 0.3) is 0 Å². The molecule has 23 heavy (non-hydrogen) atoms. The number of carbonyl (C=O) groups is 2. The summed E-state index contributed by atoms with van der Waals surface area (Å²) in [6, 6.07) is 0. The minimum absolute atomic E-state index is 0.185. The molecule has 2 amide bonds. The lowest BCUT2D eigenvalue weighted by atomic mass is 10.1. The van der Waals surface area contributed by atoms with Gasteiger partial charge in [0.15, 0.2) is 0 Å². The van der Waals surface area contributed by atoms with Crippen LogP contribution in [-0.2, 0) is 9.59 Å². The van der Waals surface area contributed by atoms with Crippen molar-refractivity contribution in [3.05, 3.63) is 0 Å². The Morgan fingerprint density at radius 1 is 0.957 bits per heavy atom. The van der Waals surface area contributed by atoms with E-state index in [0.29, 0.717) is 5.92 Å². The molecular formula is C17H37N3O2S. The van der Waals surface area contributed by atoms with E-state index in [4.69, 9.17) is 0 Å². The molecule has 0 aromatic carbocycles. The van der Waals surface area contributed by atoms with E-state index in [1.54, 1.807) is 14.1 Å². The van der Waals surface area contributed by atoms with Gasteiger partial charge in [0.1, 0.15) is 0 Å². The van der Waals surface area contributed by atoms with Crippen molar-refractivity contribution >= 4 is 23.6 Å². The predicted octanol–water partition coefficient (Wildman–Crippen LogP) is 2.22. The topological polar surface area (TPSA) is 61.4 Å². The van der Waals surface area contributed by atoms with Crippen molar-refractivity contribution in [2.45, 2.75) is 40.5 Å². The van der Waals surface area contributed by atoms with Crippen molar-refractivity contribution in [3.63, 3.8) is 0 Å². The molecule has 0 radical (unpaired) electrons. The van der Waals surface area contributed by atoms with Gasteiger partial charge in [-0.25, -0.2) is 0 Å². The Kier molecular flexibility index (Phi) is 17.2. The van der Waals surface area contributed by atoms with Crippen LogP contribution in [0, 0.1) is 11.8 Å². The molecule has 6 heteroatoms. The van der Waals surface area contributed by atoms with Gasteiger partial charge in [0.2, 0.25) is 11.8 Å². The van der Waals surface area contributed by atoms with Gasteiger partial charge in [-0.05, 0) is 32.2 Å². The van der Waals surface area contributed by atoms with E-state index in [1.165, 1.54) is 0 Å². The van der Waals surface area contributed by atoms with Gasteiger partial charge in [0.05, 0.1) is 5.92 Å². The Morgan fingerprint density at radius 3 is 1.83 bits per heavy atom. The summed E-state index contributed by atoms with van der Waals surface area (Å²) in [5, 5.41) is 5.32. The molecule has 0 spiro atoms. The van der Waals surface area contributed by atoms with E-state index >= 15 is 0 Å². The summed E-state index contributed by atoms with van der Waals surface area (Å²) in [4.78, 5) is 24.1. The number of hydrogen-bond acceptors (Lipinski definition) is 4. The smallest absolute Gasteiger partial charge is 0.224 e. The molecule has 2 atom stereocenters. The van der Waals surface area contributed by atoms with Gasteiger partial charge < -0.3 is 15.5 Å². The minimum atomic E-state index is 0.185. The molecule has 2 aliphatic heterocycles. The first-order chi connectivity index (χ1) is 11.1. The third kappa shape index (κ3) is 10.6. The molecule has 0 aromatic rings. The highest BCUT2D eigenvalue weighted by atomic mass is 32.2. The fraction of sp³-hybridized carbons (Fsp3) is 0.882. The van der Waals surface area contributed by atoms with Crippen LogP contribution < -0.4 is 10.6 Å². The maximum Gasteiger partial charge on any atom is 0.224 e. The van der Waals surface area contributed by atoms with Crippen molar-refractivity contribution in [1.29, 1.82) is 0 Å². The molecule has 0 aliphatic carbocycles. The van der Waals surface area contributed by atoms with Crippen molar-refractivity contribution in [3.8, 4) is 0 Å². The van der Waals surface area contributed by atoms with Crippen molar-refractivity contribution in [2.75, 3.05) is 45.7 Å². The SMILES string of the molecule is CC.CC.CNC(=O)C1CCN(C)C1.CNC(=O)C1CCSC1. The molecule has 2 N–H and O–H groups in total. The quantitative estimate of drug-likeness (QED) is 0.804. The fourth-order valence-electron chi connectivity index (χ4n) is 2.30. The summed E-state index contributed by atoms with van der Waals surface area (Å²) >= 11 is 1.87. The average Bonchev–Trinajstić information content (AvgIpc) is 3.29. The lowest BCUT2D eigenvalue weighted by molar-refractivity contribution is -0.124. The van der Waals surface area contributed by atoms with Gasteiger partial charge in [-0.3, -0.25) is 9.59 Å². The highest BCUT2D eigenvalue weighted by molar-refractivity contribution is 7.99. The Hall–Kier alpha value is -0.750. The van der Waals surface area contributed by atoms with E-state index in [2.05, 4.69) is 15.5 Å². The molecule has 0 aromatic heterocycles. The first-order valence-electron chi connectivity index (χ1n) is 8.78. The zero-order valence-corrected chi connectivity index (χ0v) is 16.9. The summed E-state index contributed by atoms with van der Waals surface area (Å²) in [6.45, 7) is 9.97.